The lowest BCUT2D eigenvalue weighted by atomic mass is 10.0. The zero-order chi connectivity index (χ0) is 61.9. The number of likely N-dealkylation sites (N-methyl/N-ethyl adjacent to an activating group) is 1. The average molecular weight is 1180 g/mol. The molecule has 0 heterocycles. The van der Waals surface area contributed by atoms with Crippen LogP contribution in [0.15, 0.2) is 134 Å². The Morgan fingerprint density at radius 1 is 0.365 bits per heavy atom. The highest BCUT2D eigenvalue weighted by Gasteiger charge is 2.25. The summed E-state index contributed by atoms with van der Waals surface area (Å²) in [5, 5.41) is 9.74. The molecule has 0 radical (unpaired) electrons. The van der Waals surface area contributed by atoms with E-state index >= 15 is 0 Å². The summed E-state index contributed by atoms with van der Waals surface area (Å²) in [6, 6.07) is 0. The van der Waals surface area contributed by atoms with E-state index in [-0.39, 0.29) is 32.2 Å². The first-order valence-electron chi connectivity index (χ1n) is 34.3. The fraction of sp³-hybridized carbons (Fsp3) is 0.671. The molecule has 0 aromatic rings. The van der Waals surface area contributed by atoms with Gasteiger partial charge in [0, 0.05) is 12.8 Å². The van der Waals surface area contributed by atoms with Gasteiger partial charge in [0.15, 0.2) is 6.10 Å². The zero-order valence-corrected chi connectivity index (χ0v) is 55.2. The minimum Gasteiger partial charge on any atom is -0.477 e. The number of hydrogen-bond acceptors (Lipinski definition) is 7. The number of unbranched alkanes of at least 4 members (excludes halogenated alkanes) is 25. The first-order valence-corrected chi connectivity index (χ1v) is 34.3. The van der Waals surface area contributed by atoms with E-state index in [4.69, 9.17) is 18.9 Å². The summed E-state index contributed by atoms with van der Waals surface area (Å²) in [6.07, 6.45) is 91.2. The van der Waals surface area contributed by atoms with Crippen LogP contribution in [0.4, 0.5) is 0 Å². The van der Waals surface area contributed by atoms with Crippen LogP contribution in [-0.2, 0) is 33.3 Å². The van der Waals surface area contributed by atoms with Crippen molar-refractivity contribution in [2.24, 2.45) is 0 Å². The molecule has 0 aliphatic carbocycles. The third-order valence-corrected chi connectivity index (χ3v) is 14.4. The molecule has 484 valence electrons. The van der Waals surface area contributed by atoms with Gasteiger partial charge in [0.1, 0.15) is 13.2 Å². The predicted molar refractivity (Wildman–Crippen MR) is 364 cm³/mol. The van der Waals surface area contributed by atoms with E-state index in [9.17, 15) is 19.5 Å². The van der Waals surface area contributed by atoms with Crippen LogP contribution in [0, 0.1) is 0 Å². The quantitative estimate of drug-likeness (QED) is 0.0211. The lowest BCUT2D eigenvalue weighted by molar-refractivity contribution is -0.870. The summed E-state index contributed by atoms with van der Waals surface area (Å²) in [5.74, 6) is -2.02. The maximum absolute atomic E-state index is 12.9. The highest BCUT2D eigenvalue weighted by atomic mass is 16.7. The van der Waals surface area contributed by atoms with Crippen molar-refractivity contribution >= 4 is 17.9 Å². The van der Waals surface area contributed by atoms with Gasteiger partial charge in [-0.1, -0.05) is 276 Å². The monoisotopic (exact) mass is 1180 g/mol. The molecule has 2 atom stereocenters. The zero-order valence-electron chi connectivity index (χ0n) is 55.2. The van der Waals surface area contributed by atoms with E-state index in [1.807, 2.05) is 21.1 Å². The van der Waals surface area contributed by atoms with Crippen LogP contribution >= 0.6 is 0 Å². The molecule has 0 spiro atoms. The molecule has 1 N–H and O–H groups in total. The third-order valence-electron chi connectivity index (χ3n) is 14.4. The topological polar surface area (TPSA) is 108 Å². The molecule has 0 aromatic heterocycles. The van der Waals surface area contributed by atoms with E-state index in [2.05, 4.69) is 148 Å². The third kappa shape index (κ3) is 66.8. The van der Waals surface area contributed by atoms with Gasteiger partial charge in [-0.3, -0.25) is 9.59 Å². The van der Waals surface area contributed by atoms with Crippen molar-refractivity contribution in [1.29, 1.82) is 0 Å². The highest BCUT2D eigenvalue weighted by Crippen LogP contribution is 2.16. The minimum absolute atomic E-state index is 0.180. The van der Waals surface area contributed by atoms with Crippen LogP contribution in [0.3, 0.4) is 0 Å². The molecule has 0 aromatic carbocycles. The number of carbonyl (C=O) groups is 3. The number of carbonyl (C=O) groups excluding carboxylic acids is 2. The van der Waals surface area contributed by atoms with Crippen LogP contribution < -0.4 is 0 Å². The van der Waals surface area contributed by atoms with Gasteiger partial charge >= 0.3 is 17.9 Å². The summed E-state index contributed by atoms with van der Waals surface area (Å²) in [5.41, 5.74) is 0. The first-order chi connectivity index (χ1) is 41.6. The second-order valence-electron chi connectivity index (χ2n) is 23.7. The van der Waals surface area contributed by atoms with Crippen LogP contribution in [0.5, 0.6) is 0 Å². The number of carboxylic acids is 1. The van der Waals surface area contributed by atoms with Crippen molar-refractivity contribution in [3.63, 3.8) is 0 Å². The van der Waals surface area contributed by atoms with Crippen molar-refractivity contribution in [1.82, 2.24) is 0 Å². The predicted octanol–water partition coefficient (Wildman–Crippen LogP) is 21.4. The van der Waals surface area contributed by atoms with Crippen molar-refractivity contribution < 1.29 is 42.9 Å². The average Bonchev–Trinajstić information content (AvgIpc) is 3.48. The van der Waals surface area contributed by atoms with Gasteiger partial charge in [0.2, 0.25) is 0 Å². The molecule has 0 saturated carbocycles. The first kappa shape index (κ1) is 80.4. The normalized spacial score (nSPS) is 13.6. The lowest BCUT2D eigenvalue weighted by Gasteiger charge is -2.25. The van der Waals surface area contributed by atoms with Gasteiger partial charge < -0.3 is 28.5 Å². The number of allylic oxidation sites excluding steroid dienone is 22. The Morgan fingerprint density at radius 2 is 0.671 bits per heavy atom. The molecule has 85 heavy (non-hydrogen) atoms. The number of ether oxygens (including phenoxy) is 4. The summed E-state index contributed by atoms with van der Waals surface area (Å²) in [6.45, 7) is 4.75. The summed E-state index contributed by atoms with van der Waals surface area (Å²) < 4.78 is 23.0. The maximum atomic E-state index is 12.9. The molecule has 0 amide bonds. The number of esters is 2. The van der Waals surface area contributed by atoms with Gasteiger partial charge in [-0.2, -0.15) is 0 Å². The number of hydrogen-bond donors (Lipinski definition) is 1. The maximum Gasteiger partial charge on any atom is 0.361 e. The fourth-order valence-corrected chi connectivity index (χ4v) is 9.15. The van der Waals surface area contributed by atoms with E-state index in [0.717, 1.165) is 109 Å². The van der Waals surface area contributed by atoms with Gasteiger partial charge in [-0.25, -0.2) is 4.79 Å². The minimum atomic E-state index is -1.52. The second-order valence-corrected chi connectivity index (χ2v) is 23.7. The van der Waals surface area contributed by atoms with Crippen LogP contribution in [0.1, 0.15) is 271 Å². The lowest BCUT2D eigenvalue weighted by Crippen LogP contribution is -2.40. The molecule has 0 rings (SSSR count). The molecule has 0 aliphatic rings. The Hall–Kier alpha value is -4.57. The van der Waals surface area contributed by atoms with Crippen LogP contribution in [0.25, 0.3) is 0 Å². The van der Waals surface area contributed by atoms with E-state index in [1.54, 1.807) is 0 Å². The summed E-state index contributed by atoms with van der Waals surface area (Å²) in [4.78, 5) is 37.6. The molecule has 9 nitrogen and oxygen atoms in total. The molecule has 0 fully saturated rings. The molecule has 2 unspecified atom stereocenters. The van der Waals surface area contributed by atoms with Crippen molar-refractivity contribution in [3.8, 4) is 0 Å². The van der Waals surface area contributed by atoms with Crippen molar-refractivity contribution in [3.05, 3.63) is 134 Å². The SMILES string of the molecule is CC/C=C\C/C=C\C/C=C\C/C=C\C/C=C\C/C=C\C/C=C\C/C=C\CCCCCCCCCCCCC(=O)OC(COC(=O)CCCCCCCCCCCC/C=C\C/C=C\C/C=C\CCCCCCC)COC(OCC[N+](C)(C)C)C(=O)O. The van der Waals surface area contributed by atoms with E-state index < -0.39 is 24.3 Å². The molecule has 0 aliphatic heterocycles. The standard InChI is InChI=1S/C76H127NO8/c1-6-8-10-12-14-16-18-20-22-24-26-28-30-32-33-34-35-36-37-38-39-40-41-43-45-47-49-51-53-55-57-59-61-63-65-67-74(79)85-72(71-84-76(75(80)81)82-69-68-77(3,4)5)70-83-73(78)66-64-62-60-58-56-54-52-50-48-46-44-42-31-29-27-25-23-21-19-17-15-13-11-9-7-2/h8,10,14,16,19-22,25-28,31-33,35-36,38-39,41-43,72,76H,6-7,9,11-13,15,17-18,23-24,29-30,34,37,40,44-71H2,1-5H3/p+1/b10-8-,16-14-,21-19-,22-20-,27-25-,28-26-,33-32-,36-35-,39-38-,42-31-,43-41-. The fourth-order valence-electron chi connectivity index (χ4n) is 9.15. The second kappa shape index (κ2) is 65.4. The van der Waals surface area contributed by atoms with Crippen LogP contribution in [-0.4, -0.2) is 87.4 Å². The summed E-state index contributed by atoms with van der Waals surface area (Å²) in [7, 11) is 5.97. The summed E-state index contributed by atoms with van der Waals surface area (Å²) >= 11 is 0. The molecular formula is C76H128NO8+. The van der Waals surface area contributed by atoms with E-state index in [0.29, 0.717) is 23.9 Å². The Balaban J connectivity index is 4.19. The smallest absolute Gasteiger partial charge is 0.361 e. The molecule has 0 saturated heterocycles. The van der Waals surface area contributed by atoms with Gasteiger partial charge in [0.05, 0.1) is 34.4 Å². The Labute approximate surface area is 522 Å². The number of carboxylic acid groups (broad SMARTS) is 1. The largest absolute Gasteiger partial charge is 0.477 e. The highest BCUT2D eigenvalue weighted by molar-refractivity contribution is 5.71. The van der Waals surface area contributed by atoms with Crippen molar-refractivity contribution in [2.45, 2.75) is 283 Å². The van der Waals surface area contributed by atoms with Crippen molar-refractivity contribution in [2.75, 3.05) is 47.5 Å². The Morgan fingerprint density at radius 3 is 1.00 bits per heavy atom. The van der Waals surface area contributed by atoms with Gasteiger partial charge in [-0.05, 0) is 116 Å². The number of rotatable bonds is 62. The number of nitrogens with zero attached hydrogens (tertiary/aromatic N) is 1. The number of aliphatic carboxylic acids is 1. The molecule has 9 heteroatoms. The number of quaternary nitrogens is 1. The van der Waals surface area contributed by atoms with Gasteiger partial charge in [-0.15, -0.1) is 0 Å². The van der Waals surface area contributed by atoms with E-state index in [1.165, 1.54) is 128 Å². The molecule has 0 bridgehead atoms. The van der Waals surface area contributed by atoms with Crippen LogP contribution in [0.2, 0.25) is 0 Å². The van der Waals surface area contributed by atoms with Gasteiger partial charge in [0.25, 0.3) is 6.29 Å². The molecular weight excluding hydrogens is 1050 g/mol. The Kier molecular flexibility index (Phi) is 61.9. The Bertz CT molecular complexity index is 1860.